The molecule has 106 valence electrons. The maximum Gasteiger partial charge on any atom is 0.242 e. The summed E-state index contributed by atoms with van der Waals surface area (Å²) in [6.07, 6.45) is 0.552. The first-order valence-electron chi connectivity index (χ1n) is 5.52. The molecule has 2 rings (SSSR count). The molecule has 1 heterocycles. The van der Waals surface area contributed by atoms with E-state index in [0.717, 1.165) is 6.07 Å². The van der Waals surface area contributed by atoms with Crippen molar-refractivity contribution in [2.45, 2.75) is 22.3 Å². The fraction of sp³-hybridized carbons (Fsp3) is 0.400. The SMILES string of the molecule is NS(=O)(=O)c1ccccc1S(=O)(=O)NC1CCOC1. The minimum absolute atomic E-state index is 0.275. The van der Waals surface area contributed by atoms with Crippen LogP contribution >= 0.6 is 0 Å². The van der Waals surface area contributed by atoms with Crippen molar-refractivity contribution < 1.29 is 21.6 Å². The smallest absolute Gasteiger partial charge is 0.242 e. The molecule has 7 nitrogen and oxygen atoms in total. The molecule has 1 saturated heterocycles. The Morgan fingerprint density at radius 3 is 2.32 bits per heavy atom. The second kappa shape index (κ2) is 5.17. The lowest BCUT2D eigenvalue weighted by Gasteiger charge is -2.13. The van der Waals surface area contributed by atoms with Gasteiger partial charge in [-0.3, -0.25) is 0 Å². The summed E-state index contributed by atoms with van der Waals surface area (Å²) in [6, 6.07) is 4.87. The van der Waals surface area contributed by atoms with E-state index in [-0.39, 0.29) is 17.5 Å². The zero-order valence-electron chi connectivity index (χ0n) is 9.94. The second-order valence-corrected chi connectivity index (χ2v) is 7.39. The zero-order chi connectivity index (χ0) is 14.1. The predicted molar refractivity (Wildman–Crippen MR) is 67.4 cm³/mol. The van der Waals surface area contributed by atoms with Gasteiger partial charge in [-0.15, -0.1) is 0 Å². The standard InChI is InChI=1S/C10H14N2O5S2/c11-18(13,14)9-3-1-2-4-10(9)19(15,16)12-8-5-6-17-7-8/h1-4,8,12H,5-7H2,(H2,11,13,14). The molecule has 0 bridgehead atoms. The quantitative estimate of drug-likeness (QED) is 0.770. The highest BCUT2D eigenvalue weighted by molar-refractivity contribution is 7.92. The third-order valence-corrected chi connectivity index (χ3v) is 5.37. The van der Waals surface area contributed by atoms with Crippen LogP contribution in [0.5, 0.6) is 0 Å². The van der Waals surface area contributed by atoms with Crippen molar-refractivity contribution in [2.75, 3.05) is 13.2 Å². The zero-order valence-corrected chi connectivity index (χ0v) is 11.6. The second-order valence-electron chi connectivity index (χ2n) is 4.17. The average molecular weight is 306 g/mol. The summed E-state index contributed by atoms with van der Waals surface area (Å²) in [7, 11) is -8.05. The van der Waals surface area contributed by atoms with E-state index in [1.54, 1.807) is 0 Å². The van der Waals surface area contributed by atoms with Gasteiger partial charge in [0.25, 0.3) is 0 Å². The van der Waals surface area contributed by atoms with E-state index in [9.17, 15) is 16.8 Å². The minimum atomic E-state index is -4.10. The Kier molecular flexibility index (Phi) is 3.92. The van der Waals surface area contributed by atoms with Gasteiger partial charge in [0.15, 0.2) is 0 Å². The molecule has 1 aromatic rings. The van der Waals surface area contributed by atoms with Gasteiger partial charge >= 0.3 is 0 Å². The highest BCUT2D eigenvalue weighted by Crippen LogP contribution is 2.20. The van der Waals surface area contributed by atoms with Crippen molar-refractivity contribution in [1.82, 2.24) is 4.72 Å². The molecule has 1 atom stereocenters. The van der Waals surface area contributed by atoms with E-state index >= 15 is 0 Å². The fourth-order valence-electron chi connectivity index (χ4n) is 1.82. The van der Waals surface area contributed by atoms with Gasteiger partial charge in [-0.2, -0.15) is 0 Å². The molecule has 0 amide bonds. The molecule has 1 aliphatic rings. The Hall–Kier alpha value is -1.00. The first-order valence-corrected chi connectivity index (χ1v) is 8.55. The van der Waals surface area contributed by atoms with Crippen LogP contribution in [-0.2, 0) is 24.8 Å². The topological polar surface area (TPSA) is 116 Å². The van der Waals surface area contributed by atoms with Gasteiger partial charge in [0, 0.05) is 12.6 Å². The Labute approximate surface area is 111 Å². The predicted octanol–water partition coefficient (Wildman–Crippen LogP) is -0.599. The Balaban J connectivity index is 2.40. The van der Waals surface area contributed by atoms with Crippen LogP contribution in [0.3, 0.4) is 0 Å². The molecular formula is C10H14N2O5S2. The first kappa shape index (κ1) is 14.4. The van der Waals surface area contributed by atoms with E-state index in [2.05, 4.69) is 4.72 Å². The van der Waals surface area contributed by atoms with Crippen LogP contribution in [0.15, 0.2) is 34.1 Å². The average Bonchev–Trinajstić information content (AvgIpc) is 2.80. The van der Waals surface area contributed by atoms with Gasteiger partial charge in [-0.25, -0.2) is 26.7 Å². The number of rotatable bonds is 4. The molecule has 0 radical (unpaired) electrons. The van der Waals surface area contributed by atoms with Gasteiger partial charge in [0.1, 0.15) is 9.79 Å². The molecule has 19 heavy (non-hydrogen) atoms. The van der Waals surface area contributed by atoms with Crippen LogP contribution in [-0.4, -0.2) is 36.1 Å². The molecule has 0 aromatic heterocycles. The van der Waals surface area contributed by atoms with Crippen molar-refractivity contribution in [3.05, 3.63) is 24.3 Å². The summed E-state index contributed by atoms with van der Waals surface area (Å²) in [6.45, 7) is 0.751. The number of benzene rings is 1. The van der Waals surface area contributed by atoms with Crippen LogP contribution < -0.4 is 9.86 Å². The van der Waals surface area contributed by atoms with Crippen molar-refractivity contribution in [3.8, 4) is 0 Å². The summed E-state index contributed by atoms with van der Waals surface area (Å²) < 4.78 is 54.6. The van der Waals surface area contributed by atoms with Crippen molar-refractivity contribution in [2.24, 2.45) is 5.14 Å². The summed E-state index contributed by atoms with van der Waals surface area (Å²) in [5, 5.41) is 5.02. The molecule has 0 spiro atoms. The van der Waals surface area contributed by atoms with E-state index in [0.29, 0.717) is 13.0 Å². The number of sulfonamides is 2. The lowest BCUT2D eigenvalue weighted by atomic mass is 10.3. The summed E-state index contributed by atoms with van der Waals surface area (Å²) >= 11 is 0. The number of hydrogen-bond donors (Lipinski definition) is 2. The van der Waals surface area contributed by atoms with Crippen molar-refractivity contribution in [1.29, 1.82) is 0 Å². The maximum absolute atomic E-state index is 12.2. The highest BCUT2D eigenvalue weighted by atomic mass is 32.2. The van der Waals surface area contributed by atoms with Gasteiger partial charge < -0.3 is 4.74 Å². The maximum atomic E-state index is 12.2. The molecule has 1 aromatic carbocycles. The van der Waals surface area contributed by atoms with Gasteiger partial charge in [0.05, 0.1) is 6.61 Å². The van der Waals surface area contributed by atoms with Crippen molar-refractivity contribution in [3.63, 3.8) is 0 Å². The minimum Gasteiger partial charge on any atom is -0.380 e. The van der Waals surface area contributed by atoms with Crippen LogP contribution in [0.4, 0.5) is 0 Å². The Morgan fingerprint density at radius 1 is 1.16 bits per heavy atom. The molecule has 9 heteroatoms. The molecule has 0 aliphatic carbocycles. The molecule has 1 unspecified atom stereocenters. The first-order chi connectivity index (χ1) is 8.81. The monoisotopic (exact) mass is 306 g/mol. The number of ether oxygens (including phenoxy) is 1. The third kappa shape index (κ3) is 3.31. The largest absolute Gasteiger partial charge is 0.380 e. The molecule has 1 fully saturated rings. The van der Waals surface area contributed by atoms with Gasteiger partial charge in [-0.1, -0.05) is 12.1 Å². The van der Waals surface area contributed by atoms with E-state index in [1.807, 2.05) is 0 Å². The van der Waals surface area contributed by atoms with Crippen LogP contribution in [0.1, 0.15) is 6.42 Å². The number of primary sulfonamides is 1. The number of nitrogens with two attached hydrogens (primary N) is 1. The van der Waals surface area contributed by atoms with E-state index in [4.69, 9.17) is 9.88 Å². The number of nitrogens with one attached hydrogen (secondary N) is 1. The summed E-state index contributed by atoms with van der Waals surface area (Å²) in [4.78, 5) is -0.759. The molecule has 3 N–H and O–H groups in total. The van der Waals surface area contributed by atoms with Crippen LogP contribution in [0.2, 0.25) is 0 Å². The van der Waals surface area contributed by atoms with Gasteiger partial charge in [0.2, 0.25) is 20.0 Å². The lowest BCUT2D eigenvalue weighted by Crippen LogP contribution is -2.36. The Morgan fingerprint density at radius 2 is 1.79 bits per heavy atom. The molecule has 0 saturated carbocycles. The third-order valence-electron chi connectivity index (χ3n) is 2.70. The highest BCUT2D eigenvalue weighted by Gasteiger charge is 2.28. The molecule has 1 aliphatic heterocycles. The van der Waals surface area contributed by atoms with E-state index < -0.39 is 24.9 Å². The summed E-state index contributed by atoms with van der Waals surface area (Å²) in [5.74, 6) is 0. The Bertz CT molecular complexity index is 663. The van der Waals surface area contributed by atoms with Crippen LogP contribution in [0, 0.1) is 0 Å². The normalized spacial score (nSPS) is 20.6. The molecular weight excluding hydrogens is 292 g/mol. The van der Waals surface area contributed by atoms with Crippen molar-refractivity contribution >= 4 is 20.0 Å². The lowest BCUT2D eigenvalue weighted by molar-refractivity contribution is 0.192. The van der Waals surface area contributed by atoms with Gasteiger partial charge in [-0.05, 0) is 18.6 Å². The summed E-state index contributed by atoms with van der Waals surface area (Å²) in [5.41, 5.74) is 0. The van der Waals surface area contributed by atoms with Crippen LogP contribution in [0.25, 0.3) is 0 Å². The number of hydrogen-bond acceptors (Lipinski definition) is 5. The fourth-order valence-corrected chi connectivity index (χ4v) is 4.45. The van der Waals surface area contributed by atoms with E-state index in [1.165, 1.54) is 18.2 Å².